The van der Waals surface area contributed by atoms with Crippen LogP contribution in [0.25, 0.3) is 16.9 Å². The van der Waals surface area contributed by atoms with E-state index in [1.165, 1.54) is 17.3 Å². The van der Waals surface area contributed by atoms with Crippen molar-refractivity contribution in [3.63, 3.8) is 0 Å². The normalized spacial score (nSPS) is 14.2. The summed E-state index contributed by atoms with van der Waals surface area (Å²) in [7, 11) is 0. The van der Waals surface area contributed by atoms with Gasteiger partial charge in [-0.2, -0.15) is 10.1 Å². The number of halogens is 1. The number of nitrogens with one attached hydrogen (secondary N) is 1. The quantitative estimate of drug-likeness (QED) is 0.270. The predicted octanol–water partition coefficient (Wildman–Crippen LogP) is 6.48. The molecule has 2 aromatic heterocycles. The second-order valence-corrected chi connectivity index (χ2v) is 9.55. The number of nitrogens with zero attached hydrogens (tertiary/aromatic N) is 5. The molecule has 178 valence electrons. The smallest absolute Gasteiger partial charge is 0.247 e. The lowest BCUT2D eigenvalue weighted by atomic mass is 10.1. The summed E-state index contributed by atoms with van der Waals surface area (Å²) in [4.78, 5) is 4.74. The topological polar surface area (TPSA) is 77.8 Å². The first kappa shape index (κ1) is 22.6. The van der Waals surface area contributed by atoms with Crippen LogP contribution < -0.4 is 10.1 Å². The van der Waals surface area contributed by atoms with E-state index < -0.39 is 6.23 Å². The second kappa shape index (κ2) is 9.64. The Labute approximate surface area is 217 Å². The van der Waals surface area contributed by atoms with Gasteiger partial charge in [0.15, 0.2) is 5.69 Å². The molecule has 3 aromatic carbocycles. The van der Waals surface area contributed by atoms with E-state index in [1.54, 1.807) is 4.68 Å². The first-order chi connectivity index (χ1) is 17.7. The highest BCUT2D eigenvalue weighted by atomic mass is 35.5. The molecule has 0 bridgehead atoms. The average Bonchev–Trinajstić information content (AvgIpc) is 3.12. The molecule has 0 unspecified atom stereocenters. The predicted molar refractivity (Wildman–Crippen MR) is 142 cm³/mol. The molecule has 0 fully saturated rings. The Morgan fingerprint density at radius 1 is 0.944 bits per heavy atom. The van der Waals surface area contributed by atoms with Crippen LogP contribution in [0, 0.1) is 6.92 Å². The van der Waals surface area contributed by atoms with E-state index >= 15 is 0 Å². The number of rotatable bonds is 5. The maximum Gasteiger partial charge on any atom is 0.247 e. The number of hydrogen-bond acceptors (Lipinski definition) is 7. The number of hydrogen-bond donors (Lipinski definition) is 1. The molecule has 5 aromatic rings. The van der Waals surface area contributed by atoms with Crippen LogP contribution in [0.15, 0.2) is 90.1 Å². The molecule has 7 nitrogen and oxygen atoms in total. The minimum atomic E-state index is -0.624. The van der Waals surface area contributed by atoms with Crippen molar-refractivity contribution in [2.75, 3.05) is 5.32 Å². The molecule has 9 heteroatoms. The van der Waals surface area contributed by atoms with Gasteiger partial charge in [-0.15, -0.1) is 10.2 Å². The number of fused-ring (bicyclic) bond motifs is 3. The molecule has 0 saturated heterocycles. The lowest BCUT2D eigenvalue weighted by molar-refractivity contribution is 0.224. The minimum absolute atomic E-state index is 0.394. The summed E-state index contributed by atoms with van der Waals surface area (Å²) in [5, 5.41) is 18.1. The molecule has 3 heterocycles. The van der Waals surface area contributed by atoms with Gasteiger partial charge in [0, 0.05) is 17.0 Å². The maximum absolute atomic E-state index is 6.88. The molecule has 0 spiro atoms. The fourth-order valence-electron chi connectivity index (χ4n) is 4.11. The van der Waals surface area contributed by atoms with Gasteiger partial charge in [0.2, 0.25) is 17.3 Å². The fourth-order valence-corrected chi connectivity index (χ4v) is 5.22. The monoisotopic (exact) mass is 512 g/mol. The van der Waals surface area contributed by atoms with E-state index in [4.69, 9.17) is 26.4 Å². The first-order valence-corrected chi connectivity index (χ1v) is 12.8. The second-order valence-electron chi connectivity index (χ2n) is 8.25. The van der Waals surface area contributed by atoms with Crippen LogP contribution in [0.5, 0.6) is 5.88 Å². The molecule has 1 atom stereocenters. The molecule has 0 saturated carbocycles. The molecule has 1 aliphatic rings. The van der Waals surface area contributed by atoms with Crippen molar-refractivity contribution in [3.05, 3.63) is 107 Å². The highest BCUT2D eigenvalue weighted by molar-refractivity contribution is 7.98. The van der Waals surface area contributed by atoms with E-state index in [0.29, 0.717) is 21.9 Å². The highest BCUT2D eigenvalue weighted by Crippen LogP contribution is 2.41. The molecular weight excluding hydrogens is 492 g/mol. The van der Waals surface area contributed by atoms with E-state index in [2.05, 4.69) is 27.6 Å². The van der Waals surface area contributed by atoms with E-state index in [-0.39, 0.29) is 0 Å². The van der Waals surface area contributed by atoms with E-state index in [1.807, 2.05) is 79.7 Å². The third kappa shape index (κ3) is 4.29. The van der Waals surface area contributed by atoms with Crippen molar-refractivity contribution in [2.24, 2.45) is 0 Å². The number of aromatic nitrogens is 5. The molecule has 0 radical (unpaired) electrons. The summed E-state index contributed by atoms with van der Waals surface area (Å²) in [6.07, 6.45) is -0.624. The van der Waals surface area contributed by atoms with Crippen LogP contribution in [-0.4, -0.2) is 25.0 Å². The Bertz CT molecular complexity index is 1530. The first-order valence-electron chi connectivity index (χ1n) is 11.4. The van der Waals surface area contributed by atoms with Gasteiger partial charge in [0.05, 0.1) is 16.9 Å². The van der Waals surface area contributed by atoms with Crippen LogP contribution in [0.2, 0.25) is 5.15 Å². The van der Waals surface area contributed by atoms with Crippen molar-refractivity contribution in [3.8, 4) is 22.8 Å². The number of anilines is 1. The van der Waals surface area contributed by atoms with Gasteiger partial charge >= 0.3 is 0 Å². The number of ether oxygens (including phenoxy) is 1. The average molecular weight is 513 g/mol. The molecule has 36 heavy (non-hydrogen) atoms. The number of para-hydroxylation sites is 2. The van der Waals surface area contributed by atoms with Crippen LogP contribution >= 0.6 is 23.4 Å². The Balaban J connectivity index is 1.39. The SMILES string of the molecule is Cc1nn(-c2ccccc2)c(Cl)c1[C@@H]1Nc2ccccc2-c2nnc(SCc3ccccc3)nc2O1. The molecular formula is C27H21ClN6OS. The lowest BCUT2D eigenvalue weighted by Crippen LogP contribution is -2.18. The van der Waals surface area contributed by atoms with Crippen LogP contribution in [0.3, 0.4) is 0 Å². The number of aryl methyl sites for hydroxylation is 1. The molecule has 6 rings (SSSR count). The molecule has 1 aliphatic heterocycles. The zero-order chi connectivity index (χ0) is 24.5. The Kier molecular flexibility index (Phi) is 6.04. The summed E-state index contributed by atoms with van der Waals surface area (Å²) in [5.74, 6) is 1.12. The van der Waals surface area contributed by atoms with Gasteiger partial charge in [0.1, 0.15) is 5.15 Å². The van der Waals surface area contributed by atoms with Crippen LogP contribution in [0.1, 0.15) is 23.0 Å². The summed E-state index contributed by atoms with van der Waals surface area (Å²) < 4.78 is 8.17. The van der Waals surface area contributed by atoms with E-state index in [0.717, 1.165) is 33.9 Å². The lowest BCUT2D eigenvalue weighted by Gasteiger charge is -2.19. The third-order valence-corrected chi connectivity index (χ3v) is 7.13. The molecule has 1 N–H and O–H groups in total. The van der Waals surface area contributed by atoms with Gasteiger partial charge < -0.3 is 10.1 Å². The van der Waals surface area contributed by atoms with Crippen LogP contribution in [0.4, 0.5) is 5.69 Å². The minimum Gasteiger partial charge on any atom is -0.447 e. The van der Waals surface area contributed by atoms with Gasteiger partial charge in [-0.1, -0.05) is 90.1 Å². The zero-order valence-corrected chi connectivity index (χ0v) is 20.9. The zero-order valence-electron chi connectivity index (χ0n) is 19.3. The highest BCUT2D eigenvalue weighted by Gasteiger charge is 2.31. The summed E-state index contributed by atoms with van der Waals surface area (Å²) in [5.41, 5.74) is 5.83. The largest absolute Gasteiger partial charge is 0.447 e. The molecule has 0 aliphatic carbocycles. The summed E-state index contributed by atoms with van der Waals surface area (Å²) in [6, 6.07) is 27.8. The van der Waals surface area contributed by atoms with Crippen molar-refractivity contribution in [1.82, 2.24) is 25.0 Å². The van der Waals surface area contributed by atoms with Crippen LogP contribution in [-0.2, 0) is 5.75 Å². The van der Waals surface area contributed by atoms with Gasteiger partial charge in [0.25, 0.3) is 0 Å². The standard InChI is InChI=1S/C27H21ClN6OS/c1-17-22(24(28)34(33-17)19-12-6-3-7-13-19)25-29-21-15-9-8-14-20(21)23-26(35-25)30-27(32-31-23)36-16-18-10-4-2-5-11-18/h2-15,25,29H,16H2,1H3/t25-/m1/s1. The summed E-state index contributed by atoms with van der Waals surface area (Å²) >= 11 is 8.39. The van der Waals surface area contributed by atoms with Gasteiger partial charge in [-0.05, 0) is 30.7 Å². The van der Waals surface area contributed by atoms with E-state index in [9.17, 15) is 0 Å². The van der Waals surface area contributed by atoms with Crippen molar-refractivity contribution >= 4 is 29.1 Å². The number of thioether (sulfide) groups is 1. The Morgan fingerprint density at radius 2 is 1.67 bits per heavy atom. The Morgan fingerprint density at radius 3 is 2.47 bits per heavy atom. The summed E-state index contributed by atoms with van der Waals surface area (Å²) in [6.45, 7) is 1.92. The van der Waals surface area contributed by atoms with Crippen molar-refractivity contribution in [2.45, 2.75) is 24.1 Å². The van der Waals surface area contributed by atoms with Gasteiger partial charge in [-0.3, -0.25) is 0 Å². The van der Waals surface area contributed by atoms with Gasteiger partial charge in [-0.25, -0.2) is 4.68 Å². The maximum atomic E-state index is 6.88. The number of benzene rings is 3. The Hall–Kier alpha value is -3.88. The third-order valence-electron chi connectivity index (χ3n) is 5.86. The van der Waals surface area contributed by atoms with Crippen molar-refractivity contribution in [1.29, 1.82) is 0 Å². The fraction of sp³-hybridized carbons (Fsp3) is 0.111. The van der Waals surface area contributed by atoms with Crippen molar-refractivity contribution < 1.29 is 4.74 Å². The molecule has 0 amide bonds.